The lowest BCUT2D eigenvalue weighted by Gasteiger charge is -2.02. The lowest BCUT2D eigenvalue weighted by molar-refractivity contribution is -0.384. The van der Waals surface area contributed by atoms with Gasteiger partial charge in [0.05, 0.1) is 27.5 Å². The van der Waals surface area contributed by atoms with Gasteiger partial charge < -0.3 is 5.11 Å². The standard InChI is InChI=1S/C29H19Br2N5O3/c30-24-14-23(28(37)26(31)15-24)17-32-29-34-27(22-11-9-21(10-12-22)20-6-2-1-3-7-20)18-35(29)33-16-19-5-4-8-25(13-19)36(38)39/h1-18,37H/b32-17+,33-16?. The Bertz CT molecular complexity index is 1720. The molecule has 5 aromatic rings. The smallest absolute Gasteiger partial charge is 0.270 e. The molecule has 0 spiro atoms. The Kier molecular flexibility index (Phi) is 7.76. The van der Waals surface area contributed by atoms with E-state index in [1.165, 1.54) is 29.2 Å². The molecule has 8 nitrogen and oxygen atoms in total. The van der Waals surface area contributed by atoms with Crippen LogP contribution in [0.4, 0.5) is 11.6 Å². The second kappa shape index (κ2) is 11.5. The van der Waals surface area contributed by atoms with E-state index >= 15 is 0 Å². The summed E-state index contributed by atoms with van der Waals surface area (Å²) < 4.78 is 2.77. The molecular formula is C29H19Br2N5O3. The highest BCUT2D eigenvalue weighted by atomic mass is 79.9. The molecular weight excluding hydrogens is 626 g/mol. The summed E-state index contributed by atoms with van der Waals surface area (Å²) in [6.45, 7) is 0. The minimum atomic E-state index is -0.454. The molecule has 10 heteroatoms. The molecule has 4 aromatic carbocycles. The molecule has 39 heavy (non-hydrogen) atoms. The summed E-state index contributed by atoms with van der Waals surface area (Å²) in [6, 6.07) is 27.7. The molecule has 5 rings (SSSR count). The first-order chi connectivity index (χ1) is 18.9. The number of rotatable bonds is 7. The predicted molar refractivity (Wildman–Crippen MR) is 160 cm³/mol. The highest BCUT2D eigenvalue weighted by molar-refractivity contribution is 9.11. The topological polar surface area (TPSA) is 106 Å². The fourth-order valence-electron chi connectivity index (χ4n) is 3.80. The number of hydrogen-bond donors (Lipinski definition) is 1. The van der Waals surface area contributed by atoms with Crippen molar-refractivity contribution < 1.29 is 10.0 Å². The van der Waals surface area contributed by atoms with E-state index in [4.69, 9.17) is 0 Å². The van der Waals surface area contributed by atoms with E-state index in [2.05, 4.69) is 59.1 Å². The van der Waals surface area contributed by atoms with Gasteiger partial charge in [-0.05, 0) is 39.2 Å². The second-order valence-corrected chi connectivity index (χ2v) is 10.2. The fourth-order valence-corrected chi connectivity index (χ4v) is 5.05. The Morgan fingerprint density at radius 2 is 1.59 bits per heavy atom. The summed E-state index contributed by atoms with van der Waals surface area (Å²) in [5.74, 6) is 0.297. The normalized spacial score (nSPS) is 11.4. The van der Waals surface area contributed by atoms with Crippen molar-refractivity contribution in [2.75, 3.05) is 0 Å². The molecule has 0 aliphatic rings. The van der Waals surface area contributed by atoms with Crippen LogP contribution in [-0.4, -0.2) is 32.1 Å². The lowest BCUT2D eigenvalue weighted by Crippen LogP contribution is -1.92. The first-order valence-electron chi connectivity index (χ1n) is 11.6. The van der Waals surface area contributed by atoms with E-state index in [0.717, 1.165) is 21.2 Å². The van der Waals surface area contributed by atoms with E-state index < -0.39 is 4.92 Å². The number of aliphatic imine (C=N–C) groups is 1. The number of phenolic OH excluding ortho intramolecular Hbond substituents is 1. The van der Waals surface area contributed by atoms with Crippen molar-refractivity contribution in [2.24, 2.45) is 10.1 Å². The minimum absolute atomic E-state index is 0.0299. The number of aromatic hydroxyl groups is 1. The summed E-state index contributed by atoms with van der Waals surface area (Å²) >= 11 is 6.74. The largest absolute Gasteiger partial charge is 0.506 e. The van der Waals surface area contributed by atoms with E-state index in [9.17, 15) is 15.2 Å². The molecule has 1 aromatic heterocycles. The number of nitro benzene ring substituents is 1. The maximum atomic E-state index is 11.2. The molecule has 1 heterocycles. The van der Waals surface area contributed by atoms with Crippen LogP contribution >= 0.6 is 31.9 Å². The van der Waals surface area contributed by atoms with Crippen molar-refractivity contribution in [1.29, 1.82) is 0 Å². The van der Waals surface area contributed by atoms with Gasteiger partial charge in [0, 0.05) is 39.5 Å². The number of phenols is 1. The van der Waals surface area contributed by atoms with Gasteiger partial charge >= 0.3 is 0 Å². The summed E-state index contributed by atoms with van der Waals surface area (Å²) in [7, 11) is 0. The lowest BCUT2D eigenvalue weighted by atomic mass is 10.0. The van der Waals surface area contributed by atoms with Gasteiger partial charge in [-0.25, -0.2) is 14.7 Å². The van der Waals surface area contributed by atoms with Gasteiger partial charge in [-0.2, -0.15) is 5.10 Å². The maximum absolute atomic E-state index is 11.2. The summed E-state index contributed by atoms with van der Waals surface area (Å²) in [4.78, 5) is 19.9. The zero-order chi connectivity index (χ0) is 27.4. The van der Waals surface area contributed by atoms with Crippen LogP contribution < -0.4 is 0 Å². The fraction of sp³-hybridized carbons (Fsp3) is 0. The molecule has 0 aliphatic carbocycles. The summed E-state index contributed by atoms with van der Waals surface area (Å²) in [5.41, 5.74) is 4.69. The van der Waals surface area contributed by atoms with Gasteiger partial charge in [0.2, 0.25) is 0 Å². The third-order valence-electron chi connectivity index (χ3n) is 5.75. The van der Waals surface area contributed by atoms with Crippen LogP contribution in [0.5, 0.6) is 5.75 Å². The summed E-state index contributed by atoms with van der Waals surface area (Å²) in [6.07, 6.45) is 4.73. The van der Waals surface area contributed by atoms with Crippen molar-refractivity contribution >= 4 is 55.9 Å². The third kappa shape index (κ3) is 6.19. The quantitative estimate of drug-likeness (QED) is 0.110. The third-order valence-corrected chi connectivity index (χ3v) is 6.81. The highest BCUT2D eigenvalue weighted by Crippen LogP contribution is 2.31. The Morgan fingerprint density at radius 1 is 0.872 bits per heavy atom. The molecule has 0 radical (unpaired) electrons. The molecule has 0 amide bonds. The van der Waals surface area contributed by atoms with Crippen molar-refractivity contribution in [3.63, 3.8) is 0 Å². The van der Waals surface area contributed by atoms with Crippen LogP contribution in [0.2, 0.25) is 0 Å². The number of nitrogens with zero attached hydrogens (tertiary/aromatic N) is 5. The van der Waals surface area contributed by atoms with E-state index in [1.54, 1.807) is 30.5 Å². The van der Waals surface area contributed by atoms with Crippen LogP contribution in [0, 0.1) is 10.1 Å². The van der Waals surface area contributed by atoms with E-state index in [-0.39, 0.29) is 17.4 Å². The Hall–Kier alpha value is -4.41. The number of benzene rings is 4. The number of imidazole rings is 1. The van der Waals surface area contributed by atoms with Crippen LogP contribution in [0.3, 0.4) is 0 Å². The summed E-state index contributed by atoms with van der Waals surface area (Å²) in [5, 5.41) is 26.0. The molecule has 192 valence electrons. The molecule has 0 fully saturated rings. The first-order valence-corrected chi connectivity index (χ1v) is 13.2. The van der Waals surface area contributed by atoms with Gasteiger partial charge in [0.1, 0.15) is 5.75 Å². The highest BCUT2D eigenvalue weighted by Gasteiger charge is 2.11. The Balaban J connectivity index is 1.52. The van der Waals surface area contributed by atoms with Gasteiger partial charge in [-0.1, -0.05) is 82.7 Å². The van der Waals surface area contributed by atoms with Crippen molar-refractivity contribution in [3.8, 4) is 28.1 Å². The molecule has 0 aliphatic heterocycles. The molecule has 0 atom stereocenters. The van der Waals surface area contributed by atoms with Gasteiger partial charge in [-0.3, -0.25) is 10.1 Å². The van der Waals surface area contributed by atoms with E-state index in [0.29, 0.717) is 21.3 Å². The predicted octanol–water partition coefficient (Wildman–Crippen LogP) is 7.99. The zero-order valence-corrected chi connectivity index (χ0v) is 23.3. The van der Waals surface area contributed by atoms with Crippen molar-refractivity contribution in [2.45, 2.75) is 0 Å². The molecule has 1 N–H and O–H groups in total. The molecule has 0 bridgehead atoms. The Labute approximate surface area is 240 Å². The number of non-ortho nitro benzene ring substituents is 1. The number of aromatic nitrogens is 2. The maximum Gasteiger partial charge on any atom is 0.270 e. The van der Waals surface area contributed by atoms with Gasteiger partial charge in [0.15, 0.2) is 0 Å². The number of halogens is 2. The van der Waals surface area contributed by atoms with Crippen LogP contribution in [0.25, 0.3) is 22.4 Å². The average molecular weight is 645 g/mol. The minimum Gasteiger partial charge on any atom is -0.506 e. The zero-order valence-electron chi connectivity index (χ0n) is 20.1. The monoisotopic (exact) mass is 643 g/mol. The van der Waals surface area contributed by atoms with E-state index in [1.807, 2.05) is 42.5 Å². The van der Waals surface area contributed by atoms with Crippen LogP contribution in [0.15, 0.2) is 116 Å². The van der Waals surface area contributed by atoms with Crippen LogP contribution in [-0.2, 0) is 0 Å². The van der Waals surface area contributed by atoms with Gasteiger partial charge in [-0.15, -0.1) is 0 Å². The SMILES string of the molecule is O=[N+]([O-])c1cccc(C=Nn2cc(-c3ccc(-c4ccccc4)cc3)nc2/N=C/c2cc(Br)cc(Br)c2O)c1. The second-order valence-electron chi connectivity index (χ2n) is 8.39. The average Bonchev–Trinajstić information content (AvgIpc) is 3.36. The first kappa shape index (κ1) is 26.2. The Morgan fingerprint density at radius 3 is 2.33 bits per heavy atom. The van der Waals surface area contributed by atoms with Gasteiger partial charge in [0.25, 0.3) is 11.6 Å². The number of hydrogen-bond acceptors (Lipinski definition) is 6. The molecule has 0 saturated carbocycles. The molecule has 0 saturated heterocycles. The number of nitro groups is 1. The van der Waals surface area contributed by atoms with Crippen LogP contribution in [0.1, 0.15) is 11.1 Å². The van der Waals surface area contributed by atoms with Crippen molar-refractivity contribution in [1.82, 2.24) is 9.66 Å². The molecule has 0 unspecified atom stereocenters. The van der Waals surface area contributed by atoms with Crippen molar-refractivity contribution in [3.05, 3.63) is 127 Å².